The van der Waals surface area contributed by atoms with E-state index in [0.29, 0.717) is 5.13 Å². The van der Waals surface area contributed by atoms with E-state index in [1.165, 1.54) is 11.3 Å². The van der Waals surface area contributed by atoms with Crippen molar-refractivity contribution < 1.29 is 14.7 Å². The molecule has 0 radical (unpaired) electrons. The molecular weight excluding hydrogens is 266 g/mol. The molecule has 0 fully saturated rings. The lowest BCUT2D eigenvalue weighted by atomic mass is 10.1. The lowest BCUT2D eigenvalue weighted by molar-refractivity contribution is -0.140. The van der Waals surface area contributed by atoms with Crippen LogP contribution < -0.4 is 10.6 Å². The van der Waals surface area contributed by atoms with Crippen molar-refractivity contribution in [2.45, 2.75) is 40.2 Å². The first-order chi connectivity index (χ1) is 8.85. The Hall–Kier alpha value is -1.63. The monoisotopic (exact) mass is 285 g/mol. The maximum atomic E-state index is 11.7. The van der Waals surface area contributed by atoms with E-state index in [1.54, 1.807) is 13.8 Å². The van der Waals surface area contributed by atoms with E-state index < -0.39 is 18.0 Å². The van der Waals surface area contributed by atoms with Gasteiger partial charge in [-0.3, -0.25) is 5.32 Å². The van der Waals surface area contributed by atoms with E-state index in [1.807, 2.05) is 13.8 Å². The first-order valence-corrected chi connectivity index (χ1v) is 6.93. The summed E-state index contributed by atoms with van der Waals surface area (Å²) in [6, 6.07) is -1.45. The number of urea groups is 1. The Kier molecular flexibility index (Phi) is 5.29. The summed E-state index contributed by atoms with van der Waals surface area (Å²) in [5.74, 6) is -1.23. The molecule has 1 atom stereocenters. The maximum absolute atomic E-state index is 11.7. The quantitative estimate of drug-likeness (QED) is 0.773. The number of anilines is 1. The van der Waals surface area contributed by atoms with Crippen molar-refractivity contribution in [3.8, 4) is 0 Å². The standard InChI is InChI=1S/C12H19N3O3S/c1-5-8-7(4)19-12(13-8)15-11(18)14-9(6(2)3)10(16)17/h6,9H,5H2,1-4H3,(H,16,17)(H2,13,14,15,18)/t9-/m0/s1. The van der Waals surface area contributed by atoms with Gasteiger partial charge in [-0.25, -0.2) is 14.6 Å². The van der Waals surface area contributed by atoms with Crippen molar-refractivity contribution >= 4 is 28.5 Å². The van der Waals surface area contributed by atoms with Gasteiger partial charge in [-0.05, 0) is 19.3 Å². The predicted octanol–water partition coefficient (Wildman–Crippen LogP) is 2.24. The molecule has 0 aromatic carbocycles. The van der Waals surface area contributed by atoms with Crippen LogP contribution >= 0.6 is 11.3 Å². The molecule has 6 nitrogen and oxygen atoms in total. The van der Waals surface area contributed by atoms with Crippen LogP contribution in [0.4, 0.5) is 9.93 Å². The molecule has 3 N–H and O–H groups in total. The van der Waals surface area contributed by atoms with Gasteiger partial charge in [-0.1, -0.05) is 20.8 Å². The van der Waals surface area contributed by atoms with Crippen molar-refractivity contribution in [2.24, 2.45) is 5.92 Å². The van der Waals surface area contributed by atoms with Gasteiger partial charge in [0.1, 0.15) is 6.04 Å². The van der Waals surface area contributed by atoms with Gasteiger partial charge in [0.05, 0.1) is 5.69 Å². The summed E-state index contributed by atoms with van der Waals surface area (Å²) in [5.41, 5.74) is 0.943. The van der Waals surface area contributed by atoms with Crippen LogP contribution in [0.2, 0.25) is 0 Å². The van der Waals surface area contributed by atoms with Gasteiger partial charge in [-0.2, -0.15) is 0 Å². The van der Waals surface area contributed by atoms with Crippen LogP contribution in [-0.2, 0) is 11.2 Å². The minimum atomic E-state index is -1.05. The number of amides is 2. The van der Waals surface area contributed by atoms with Gasteiger partial charge >= 0.3 is 12.0 Å². The fourth-order valence-corrected chi connectivity index (χ4v) is 2.49. The molecule has 7 heteroatoms. The van der Waals surface area contributed by atoms with E-state index in [2.05, 4.69) is 15.6 Å². The number of carboxylic acid groups (broad SMARTS) is 1. The average Bonchev–Trinajstić information content (AvgIpc) is 2.65. The van der Waals surface area contributed by atoms with Crippen LogP contribution in [0.3, 0.4) is 0 Å². The van der Waals surface area contributed by atoms with Crippen LogP contribution in [0.25, 0.3) is 0 Å². The lowest BCUT2D eigenvalue weighted by Gasteiger charge is -2.17. The molecule has 1 aromatic heterocycles. The number of hydrogen-bond acceptors (Lipinski definition) is 4. The zero-order valence-electron chi connectivity index (χ0n) is 11.5. The van der Waals surface area contributed by atoms with Crippen molar-refractivity contribution in [2.75, 3.05) is 5.32 Å². The number of carboxylic acids is 1. The highest BCUT2D eigenvalue weighted by Gasteiger charge is 2.23. The van der Waals surface area contributed by atoms with Gasteiger partial charge in [0.2, 0.25) is 0 Å². The Morgan fingerprint density at radius 1 is 1.42 bits per heavy atom. The summed E-state index contributed by atoms with van der Waals surface area (Å²) in [5, 5.41) is 14.5. The SMILES string of the molecule is CCc1nc(NC(=O)N[C@H](C(=O)O)C(C)C)sc1C. The first kappa shape index (κ1) is 15.4. The summed E-state index contributed by atoms with van der Waals surface area (Å²) >= 11 is 1.38. The van der Waals surface area contributed by atoms with Crippen molar-refractivity contribution in [3.63, 3.8) is 0 Å². The predicted molar refractivity (Wildman–Crippen MR) is 74.6 cm³/mol. The lowest BCUT2D eigenvalue weighted by Crippen LogP contribution is -2.46. The van der Waals surface area contributed by atoms with Gasteiger partial charge in [0, 0.05) is 4.88 Å². The van der Waals surface area contributed by atoms with E-state index in [-0.39, 0.29) is 5.92 Å². The smallest absolute Gasteiger partial charge is 0.326 e. The molecule has 0 aliphatic heterocycles. The molecule has 2 amide bonds. The van der Waals surface area contributed by atoms with Crippen molar-refractivity contribution in [1.82, 2.24) is 10.3 Å². The van der Waals surface area contributed by atoms with Crippen molar-refractivity contribution in [1.29, 1.82) is 0 Å². The van der Waals surface area contributed by atoms with Crippen molar-refractivity contribution in [3.05, 3.63) is 10.6 Å². The third-order valence-corrected chi connectivity index (χ3v) is 3.60. The van der Waals surface area contributed by atoms with E-state index >= 15 is 0 Å². The fourth-order valence-electron chi connectivity index (χ4n) is 1.60. The number of aliphatic carboxylic acids is 1. The van der Waals surface area contributed by atoms with E-state index in [4.69, 9.17) is 5.11 Å². The van der Waals surface area contributed by atoms with E-state index in [0.717, 1.165) is 17.0 Å². The second kappa shape index (κ2) is 6.51. The van der Waals surface area contributed by atoms with Crippen LogP contribution in [0.15, 0.2) is 0 Å². The second-order valence-electron chi connectivity index (χ2n) is 4.53. The summed E-state index contributed by atoms with van der Waals surface area (Å²) < 4.78 is 0. The number of nitrogens with one attached hydrogen (secondary N) is 2. The minimum absolute atomic E-state index is 0.188. The highest BCUT2D eigenvalue weighted by atomic mass is 32.1. The fraction of sp³-hybridized carbons (Fsp3) is 0.583. The summed E-state index contributed by atoms with van der Waals surface area (Å²) in [6.07, 6.45) is 0.801. The molecule has 0 bridgehead atoms. The summed E-state index contributed by atoms with van der Waals surface area (Å²) in [4.78, 5) is 28.0. The number of nitrogens with zero attached hydrogens (tertiary/aromatic N) is 1. The second-order valence-corrected chi connectivity index (χ2v) is 5.74. The first-order valence-electron chi connectivity index (χ1n) is 6.11. The van der Waals surface area contributed by atoms with E-state index in [9.17, 15) is 9.59 Å². The largest absolute Gasteiger partial charge is 0.480 e. The Balaban J connectivity index is 2.66. The third-order valence-electron chi connectivity index (χ3n) is 2.67. The summed E-state index contributed by atoms with van der Waals surface area (Å²) in [6.45, 7) is 7.41. The number of rotatable bonds is 5. The number of carbonyl (C=O) groups excluding carboxylic acids is 1. The molecular formula is C12H19N3O3S. The molecule has 0 unspecified atom stereocenters. The topological polar surface area (TPSA) is 91.3 Å². The number of aromatic nitrogens is 1. The molecule has 0 spiro atoms. The molecule has 1 rings (SSSR count). The Bertz CT molecular complexity index is 471. The van der Waals surface area contributed by atoms with Gasteiger partial charge in [-0.15, -0.1) is 11.3 Å². The highest BCUT2D eigenvalue weighted by molar-refractivity contribution is 7.15. The molecule has 0 saturated heterocycles. The average molecular weight is 285 g/mol. The molecule has 0 saturated carbocycles. The molecule has 106 valence electrons. The molecule has 19 heavy (non-hydrogen) atoms. The van der Waals surface area contributed by atoms with Gasteiger partial charge < -0.3 is 10.4 Å². The Labute approximate surface area is 116 Å². The number of thiazole rings is 1. The number of aryl methyl sites for hydroxylation is 2. The molecule has 1 heterocycles. The third kappa shape index (κ3) is 4.20. The normalized spacial score (nSPS) is 12.3. The Morgan fingerprint density at radius 2 is 2.05 bits per heavy atom. The zero-order chi connectivity index (χ0) is 14.6. The van der Waals surface area contributed by atoms with Gasteiger partial charge in [0.25, 0.3) is 0 Å². The summed E-state index contributed by atoms with van der Waals surface area (Å²) in [7, 11) is 0. The molecule has 0 aliphatic rings. The molecule has 1 aromatic rings. The minimum Gasteiger partial charge on any atom is -0.480 e. The Morgan fingerprint density at radius 3 is 2.47 bits per heavy atom. The van der Waals surface area contributed by atoms with Crippen LogP contribution in [0.5, 0.6) is 0 Å². The van der Waals surface area contributed by atoms with Crippen LogP contribution in [0, 0.1) is 12.8 Å². The zero-order valence-corrected chi connectivity index (χ0v) is 12.3. The number of carbonyl (C=O) groups is 2. The highest BCUT2D eigenvalue weighted by Crippen LogP contribution is 2.22. The molecule has 0 aliphatic carbocycles. The maximum Gasteiger partial charge on any atom is 0.326 e. The number of hydrogen-bond donors (Lipinski definition) is 3. The van der Waals surface area contributed by atoms with Crippen LogP contribution in [-0.4, -0.2) is 28.1 Å². The van der Waals surface area contributed by atoms with Gasteiger partial charge in [0.15, 0.2) is 5.13 Å². The van der Waals surface area contributed by atoms with Crippen LogP contribution in [0.1, 0.15) is 31.3 Å².